The van der Waals surface area contributed by atoms with E-state index in [0.717, 1.165) is 5.69 Å². The zero-order valence-electron chi connectivity index (χ0n) is 11.4. The Balaban J connectivity index is 2.38. The van der Waals surface area contributed by atoms with Crippen LogP contribution in [-0.4, -0.2) is 54.1 Å². The monoisotopic (exact) mass is 277 g/mol. The Hall–Kier alpha value is -2.51. The van der Waals surface area contributed by atoms with Crippen LogP contribution in [0.1, 0.15) is 30.2 Å². The van der Waals surface area contributed by atoms with Gasteiger partial charge in [0.1, 0.15) is 6.54 Å². The number of carboxylic acids is 1. The van der Waals surface area contributed by atoms with E-state index in [1.807, 2.05) is 6.92 Å². The molecule has 0 aromatic carbocycles. The smallest absolute Gasteiger partial charge is 0.323 e. The number of aliphatic carboxylic acids is 1. The first-order valence-electron chi connectivity index (χ1n) is 6.11. The Morgan fingerprint density at radius 2 is 2.15 bits per heavy atom. The number of carbonyl (C=O) groups is 2. The van der Waals surface area contributed by atoms with Crippen molar-refractivity contribution in [3.8, 4) is 0 Å². The van der Waals surface area contributed by atoms with Crippen molar-refractivity contribution in [1.82, 2.24) is 24.5 Å². The van der Waals surface area contributed by atoms with Crippen LogP contribution < -0.4 is 0 Å². The van der Waals surface area contributed by atoms with Gasteiger partial charge in [-0.25, -0.2) is 9.50 Å². The Kier molecular flexibility index (Phi) is 3.64. The summed E-state index contributed by atoms with van der Waals surface area (Å²) in [6.07, 6.45) is 1.57. The largest absolute Gasteiger partial charge is 0.480 e. The van der Waals surface area contributed by atoms with E-state index in [0.29, 0.717) is 5.78 Å². The molecule has 0 aliphatic rings. The van der Waals surface area contributed by atoms with Gasteiger partial charge in [0, 0.05) is 17.9 Å². The minimum absolute atomic E-state index is 0.0539. The number of amides is 1. The van der Waals surface area contributed by atoms with E-state index < -0.39 is 18.4 Å². The minimum atomic E-state index is -1.08. The molecule has 8 nitrogen and oxygen atoms in total. The number of aryl methyl sites for hydroxylation is 1. The normalized spacial score (nSPS) is 11.0. The molecule has 0 aliphatic carbocycles. The summed E-state index contributed by atoms with van der Waals surface area (Å²) in [5.41, 5.74) is 0.788. The van der Waals surface area contributed by atoms with Crippen molar-refractivity contribution in [3.63, 3.8) is 0 Å². The van der Waals surface area contributed by atoms with E-state index in [2.05, 4.69) is 15.1 Å². The average Bonchev–Trinajstić information content (AvgIpc) is 2.80. The van der Waals surface area contributed by atoms with Crippen LogP contribution in [-0.2, 0) is 4.79 Å². The predicted octanol–water partition coefficient (Wildman–Crippen LogP) is 0.368. The standard InChI is InChI=1S/C12H15N5O3/c1-7(2)16(6-9(18)19)11(20)10-14-12-13-5-4-8(3)17(12)15-10/h4-5,7H,6H2,1-3H3,(H,18,19). The number of carboxylic acid groups (broad SMARTS) is 1. The summed E-state index contributed by atoms with van der Waals surface area (Å²) in [5.74, 6) is -1.34. The molecule has 2 aromatic heterocycles. The van der Waals surface area contributed by atoms with Gasteiger partial charge in [-0.05, 0) is 26.8 Å². The van der Waals surface area contributed by atoms with Crippen LogP contribution >= 0.6 is 0 Å². The van der Waals surface area contributed by atoms with Crippen molar-refractivity contribution in [3.05, 3.63) is 23.8 Å². The molecular formula is C12H15N5O3. The molecule has 8 heteroatoms. The van der Waals surface area contributed by atoms with Crippen LogP contribution in [0.2, 0.25) is 0 Å². The molecule has 0 spiro atoms. The maximum absolute atomic E-state index is 12.3. The fourth-order valence-electron chi connectivity index (χ4n) is 1.76. The Bertz CT molecular complexity index is 664. The predicted molar refractivity (Wildman–Crippen MR) is 69.3 cm³/mol. The van der Waals surface area contributed by atoms with Gasteiger partial charge in [-0.3, -0.25) is 9.59 Å². The highest BCUT2D eigenvalue weighted by Crippen LogP contribution is 2.07. The van der Waals surface area contributed by atoms with Crippen LogP contribution in [0.3, 0.4) is 0 Å². The highest BCUT2D eigenvalue weighted by Gasteiger charge is 2.25. The summed E-state index contributed by atoms with van der Waals surface area (Å²) in [7, 11) is 0. The number of hydrogen-bond acceptors (Lipinski definition) is 5. The maximum Gasteiger partial charge on any atom is 0.323 e. The molecule has 0 unspecified atom stereocenters. The van der Waals surface area contributed by atoms with E-state index >= 15 is 0 Å². The van der Waals surface area contributed by atoms with Crippen LogP contribution in [0.5, 0.6) is 0 Å². The fraction of sp³-hybridized carbons (Fsp3) is 0.417. The maximum atomic E-state index is 12.3. The number of hydrogen-bond donors (Lipinski definition) is 1. The van der Waals surface area contributed by atoms with E-state index in [9.17, 15) is 9.59 Å². The van der Waals surface area contributed by atoms with Crippen LogP contribution in [0.15, 0.2) is 12.3 Å². The third-order valence-electron chi connectivity index (χ3n) is 2.81. The van der Waals surface area contributed by atoms with Crippen LogP contribution in [0, 0.1) is 6.92 Å². The van der Waals surface area contributed by atoms with Crippen molar-refractivity contribution in [1.29, 1.82) is 0 Å². The highest BCUT2D eigenvalue weighted by atomic mass is 16.4. The summed E-state index contributed by atoms with van der Waals surface area (Å²) < 4.78 is 1.45. The summed E-state index contributed by atoms with van der Waals surface area (Å²) in [6.45, 7) is 4.90. The summed E-state index contributed by atoms with van der Waals surface area (Å²) in [6, 6.07) is 1.48. The average molecular weight is 277 g/mol. The molecule has 1 amide bonds. The molecule has 2 aromatic rings. The number of carbonyl (C=O) groups excluding carboxylic acids is 1. The van der Waals surface area contributed by atoms with Gasteiger partial charge < -0.3 is 10.0 Å². The zero-order chi connectivity index (χ0) is 14.9. The number of aromatic nitrogens is 4. The number of fused-ring (bicyclic) bond motifs is 1. The lowest BCUT2D eigenvalue weighted by atomic mass is 10.3. The van der Waals surface area contributed by atoms with Gasteiger partial charge in [0.2, 0.25) is 5.82 Å². The number of rotatable bonds is 4. The molecule has 0 fully saturated rings. The second-order valence-electron chi connectivity index (χ2n) is 4.65. The van der Waals surface area contributed by atoms with E-state index in [1.165, 1.54) is 9.42 Å². The number of nitrogens with zero attached hydrogens (tertiary/aromatic N) is 5. The van der Waals surface area contributed by atoms with Gasteiger partial charge in [-0.15, -0.1) is 5.10 Å². The molecule has 0 atom stereocenters. The topological polar surface area (TPSA) is 101 Å². The van der Waals surface area contributed by atoms with Crippen molar-refractivity contribution < 1.29 is 14.7 Å². The molecule has 0 radical (unpaired) electrons. The van der Waals surface area contributed by atoms with Crippen LogP contribution in [0.4, 0.5) is 0 Å². The molecule has 20 heavy (non-hydrogen) atoms. The van der Waals surface area contributed by atoms with Gasteiger partial charge in [-0.1, -0.05) is 0 Å². The lowest BCUT2D eigenvalue weighted by Gasteiger charge is -2.23. The lowest BCUT2D eigenvalue weighted by Crippen LogP contribution is -2.41. The first-order valence-corrected chi connectivity index (χ1v) is 6.11. The molecule has 1 N–H and O–H groups in total. The van der Waals surface area contributed by atoms with E-state index in [-0.39, 0.29) is 11.9 Å². The Morgan fingerprint density at radius 1 is 1.45 bits per heavy atom. The fourth-order valence-corrected chi connectivity index (χ4v) is 1.76. The molecule has 106 valence electrons. The first-order chi connectivity index (χ1) is 9.40. The van der Waals surface area contributed by atoms with Crippen molar-refractivity contribution in [2.75, 3.05) is 6.54 Å². The van der Waals surface area contributed by atoms with Gasteiger partial charge in [0.15, 0.2) is 0 Å². The molecule has 0 saturated heterocycles. The quantitative estimate of drug-likeness (QED) is 0.866. The van der Waals surface area contributed by atoms with Crippen LogP contribution in [0.25, 0.3) is 5.78 Å². The summed E-state index contributed by atoms with van der Waals surface area (Å²) >= 11 is 0. The summed E-state index contributed by atoms with van der Waals surface area (Å²) in [4.78, 5) is 32.4. The zero-order valence-corrected chi connectivity index (χ0v) is 11.4. The van der Waals surface area contributed by atoms with Crippen molar-refractivity contribution in [2.45, 2.75) is 26.8 Å². The SMILES string of the molecule is Cc1ccnc2nc(C(=O)N(CC(=O)O)C(C)C)nn12. The third kappa shape index (κ3) is 2.58. The van der Waals surface area contributed by atoms with Gasteiger partial charge in [0.05, 0.1) is 0 Å². The summed E-state index contributed by atoms with van der Waals surface area (Å²) in [5, 5.41) is 12.9. The van der Waals surface area contributed by atoms with Crippen molar-refractivity contribution >= 4 is 17.7 Å². The molecule has 0 bridgehead atoms. The third-order valence-corrected chi connectivity index (χ3v) is 2.81. The lowest BCUT2D eigenvalue weighted by molar-refractivity contribution is -0.138. The Morgan fingerprint density at radius 3 is 2.70 bits per heavy atom. The first kappa shape index (κ1) is 13.9. The van der Waals surface area contributed by atoms with Gasteiger partial charge in [-0.2, -0.15) is 4.98 Å². The van der Waals surface area contributed by atoms with Crippen molar-refractivity contribution in [2.24, 2.45) is 0 Å². The molecule has 0 saturated carbocycles. The van der Waals surface area contributed by atoms with E-state index in [1.54, 1.807) is 26.1 Å². The Labute approximate surface area is 115 Å². The molecular weight excluding hydrogens is 262 g/mol. The molecule has 2 rings (SSSR count). The second-order valence-corrected chi connectivity index (χ2v) is 4.65. The molecule has 2 heterocycles. The molecule has 0 aliphatic heterocycles. The highest BCUT2D eigenvalue weighted by molar-refractivity contribution is 5.93. The van der Waals surface area contributed by atoms with Gasteiger partial charge >= 0.3 is 5.97 Å². The second kappa shape index (κ2) is 5.24. The minimum Gasteiger partial charge on any atom is -0.480 e. The van der Waals surface area contributed by atoms with E-state index in [4.69, 9.17) is 5.11 Å². The van der Waals surface area contributed by atoms with Gasteiger partial charge in [0.25, 0.3) is 11.7 Å².